The molecule has 1 heterocycles. The van der Waals surface area contributed by atoms with E-state index in [1.54, 1.807) is 41.3 Å². The molecular formula is C20H19F2N3O5S. The van der Waals surface area contributed by atoms with Crippen LogP contribution in [0.3, 0.4) is 0 Å². The van der Waals surface area contributed by atoms with Crippen molar-refractivity contribution in [2.24, 2.45) is 0 Å². The van der Waals surface area contributed by atoms with Crippen molar-refractivity contribution in [1.82, 2.24) is 5.48 Å². The summed E-state index contributed by atoms with van der Waals surface area (Å²) in [5.74, 6) is -0.697. The molecule has 0 unspecified atom stereocenters. The molecule has 0 spiro atoms. The van der Waals surface area contributed by atoms with Gasteiger partial charge in [0.25, 0.3) is 5.91 Å². The summed E-state index contributed by atoms with van der Waals surface area (Å²) in [5.41, 5.74) is 3.34. The molecule has 164 valence electrons. The Morgan fingerprint density at radius 3 is 2.48 bits per heavy atom. The van der Waals surface area contributed by atoms with Gasteiger partial charge in [-0.1, -0.05) is 18.2 Å². The summed E-state index contributed by atoms with van der Waals surface area (Å²) < 4.78 is 53.0. The summed E-state index contributed by atoms with van der Waals surface area (Å²) >= 11 is 0. The van der Waals surface area contributed by atoms with E-state index in [1.165, 1.54) is 23.7 Å². The van der Waals surface area contributed by atoms with Crippen LogP contribution < -0.4 is 20.0 Å². The SMILES string of the molecule is O=C(/C=C/c1ccccc1N1CCN(c2ccc(OC(F)F)cc2)CC1=S(=O)=O)NO. The number of hydrogen-bond acceptors (Lipinski definition) is 6. The van der Waals surface area contributed by atoms with Gasteiger partial charge in [-0.15, -0.1) is 0 Å². The van der Waals surface area contributed by atoms with Gasteiger partial charge in [-0.3, -0.25) is 10.0 Å². The number of para-hydroxylation sites is 1. The van der Waals surface area contributed by atoms with Gasteiger partial charge in [-0.25, -0.2) is 5.48 Å². The Kier molecular flexibility index (Phi) is 7.21. The van der Waals surface area contributed by atoms with Crippen LogP contribution in [0.2, 0.25) is 0 Å². The standard InChI is InChI=1S/C20H19F2N3O5S/c21-20(22)30-16-8-6-15(7-9-16)24-11-12-25(19(13-24)31(28)29)17-4-2-1-3-14(17)5-10-18(26)23-27/h1-10,20,27H,11-13H2,(H,23,26)/b10-5+. The summed E-state index contributed by atoms with van der Waals surface area (Å²) in [6, 6.07) is 12.9. The molecule has 1 aliphatic heterocycles. The van der Waals surface area contributed by atoms with Crippen LogP contribution in [0.1, 0.15) is 5.56 Å². The Morgan fingerprint density at radius 2 is 1.84 bits per heavy atom. The number of carbonyl (C=O) groups excluding carboxylic acids is 1. The zero-order valence-electron chi connectivity index (χ0n) is 16.1. The minimum atomic E-state index is -2.92. The average Bonchev–Trinajstić information content (AvgIpc) is 2.77. The molecule has 0 aliphatic carbocycles. The van der Waals surface area contributed by atoms with Crippen molar-refractivity contribution in [2.45, 2.75) is 6.61 Å². The van der Waals surface area contributed by atoms with Crippen LogP contribution in [0, 0.1) is 0 Å². The van der Waals surface area contributed by atoms with E-state index in [4.69, 9.17) is 5.21 Å². The number of hydrogen-bond donors (Lipinski definition) is 2. The molecule has 2 N–H and O–H groups in total. The van der Waals surface area contributed by atoms with Crippen LogP contribution in [0.25, 0.3) is 6.08 Å². The molecule has 1 aliphatic rings. The molecule has 2 aromatic rings. The van der Waals surface area contributed by atoms with E-state index in [1.807, 2.05) is 4.90 Å². The summed E-state index contributed by atoms with van der Waals surface area (Å²) in [5, 5.41) is 8.65. The monoisotopic (exact) mass is 451 g/mol. The lowest BCUT2D eigenvalue weighted by molar-refractivity contribution is -0.124. The van der Waals surface area contributed by atoms with E-state index in [0.717, 1.165) is 6.08 Å². The predicted octanol–water partition coefficient (Wildman–Crippen LogP) is 2.14. The molecule has 11 heteroatoms. The fourth-order valence-electron chi connectivity index (χ4n) is 3.21. The second kappa shape index (κ2) is 10.0. The molecule has 0 atom stereocenters. The lowest BCUT2D eigenvalue weighted by Gasteiger charge is -2.37. The molecule has 0 saturated carbocycles. The number of rotatable bonds is 6. The molecule has 1 amide bonds. The van der Waals surface area contributed by atoms with Crippen molar-refractivity contribution in [2.75, 3.05) is 29.4 Å². The third kappa shape index (κ3) is 5.58. The first-order valence-corrected chi connectivity index (χ1v) is 10.2. The smallest absolute Gasteiger partial charge is 0.387 e. The van der Waals surface area contributed by atoms with Crippen LogP contribution in [0.5, 0.6) is 5.75 Å². The van der Waals surface area contributed by atoms with E-state index in [-0.39, 0.29) is 17.3 Å². The largest absolute Gasteiger partial charge is 0.435 e. The van der Waals surface area contributed by atoms with Crippen molar-refractivity contribution in [3.8, 4) is 5.75 Å². The van der Waals surface area contributed by atoms with Crippen LogP contribution in [-0.2, 0) is 15.1 Å². The second-order valence-corrected chi connectivity index (χ2v) is 7.38. The normalized spacial score (nSPS) is 14.3. The van der Waals surface area contributed by atoms with Crippen LogP contribution in [0.15, 0.2) is 54.6 Å². The fraction of sp³-hybridized carbons (Fsp3) is 0.200. The zero-order chi connectivity index (χ0) is 22.4. The number of piperazine rings is 1. The molecule has 0 radical (unpaired) electrons. The van der Waals surface area contributed by atoms with E-state index < -0.39 is 22.8 Å². The fourth-order valence-corrected chi connectivity index (χ4v) is 3.84. The van der Waals surface area contributed by atoms with Gasteiger partial charge in [0, 0.05) is 30.5 Å². The predicted molar refractivity (Wildman–Crippen MR) is 112 cm³/mol. The van der Waals surface area contributed by atoms with Gasteiger partial charge in [0.2, 0.25) is 10.3 Å². The number of ether oxygens (including phenoxy) is 1. The molecule has 8 nitrogen and oxygen atoms in total. The average molecular weight is 451 g/mol. The Hall–Kier alpha value is -3.44. The van der Waals surface area contributed by atoms with E-state index in [0.29, 0.717) is 30.0 Å². The highest BCUT2D eigenvalue weighted by Gasteiger charge is 2.26. The highest BCUT2D eigenvalue weighted by molar-refractivity contribution is 7.73. The molecule has 2 aromatic carbocycles. The molecule has 0 bridgehead atoms. The van der Waals surface area contributed by atoms with Crippen molar-refractivity contribution in [3.63, 3.8) is 0 Å². The van der Waals surface area contributed by atoms with E-state index in [9.17, 15) is 22.0 Å². The zero-order valence-corrected chi connectivity index (χ0v) is 16.9. The minimum absolute atomic E-state index is 0.0154. The number of halogens is 2. The maximum atomic E-state index is 12.3. The van der Waals surface area contributed by atoms with Gasteiger partial charge in [0.05, 0.1) is 6.54 Å². The molecule has 3 rings (SSSR count). The summed E-state index contributed by atoms with van der Waals surface area (Å²) in [6.07, 6.45) is 2.60. The third-order valence-electron chi connectivity index (χ3n) is 4.59. The van der Waals surface area contributed by atoms with Crippen LogP contribution in [-0.4, -0.2) is 50.8 Å². The highest BCUT2D eigenvalue weighted by Crippen LogP contribution is 2.27. The van der Waals surface area contributed by atoms with Gasteiger partial charge in [0.15, 0.2) is 4.99 Å². The van der Waals surface area contributed by atoms with Gasteiger partial charge in [-0.2, -0.15) is 17.2 Å². The van der Waals surface area contributed by atoms with Gasteiger partial charge >= 0.3 is 6.61 Å². The first kappa shape index (κ1) is 22.2. The number of alkyl halides is 2. The Morgan fingerprint density at radius 1 is 1.13 bits per heavy atom. The number of amides is 1. The van der Waals surface area contributed by atoms with E-state index >= 15 is 0 Å². The Labute approximate surface area is 178 Å². The van der Waals surface area contributed by atoms with Crippen LogP contribution >= 0.6 is 0 Å². The Bertz CT molecular complexity index is 1100. The van der Waals surface area contributed by atoms with Crippen molar-refractivity contribution in [1.29, 1.82) is 0 Å². The second-order valence-electron chi connectivity index (χ2n) is 6.44. The van der Waals surface area contributed by atoms with Crippen molar-refractivity contribution in [3.05, 3.63) is 60.2 Å². The number of carbonyl (C=O) groups is 1. The minimum Gasteiger partial charge on any atom is -0.435 e. The van der Waals surface area contributed by atoms with E-state index in [2.05, 4.69) is 4.74 Å². The molecular weight excluding hydrogens is 432 g/mol. The topological polar surface area (TPSA) is 99.2 Å². The molecule has 1 fully saturated rings. The first-order chi connectivity index (χ1) is 14.9. The maximum absolute atomic E-state index is 12.3. The van der Waals surface area contributed by atoms with Crippen molar-refractivity contribution < 1.29 is 31.9 Å². The number of nitrogens with one attached hydrogen (secondary N) is 1. The lowest BCUT2D eigenvalue weighted by Crippen LogP contribution is -2.51. The summed E-state index contributed by atoms with van der Waals surface area (Å²) in [4.78, 5) is 14.9. The van der Waals surface area contributed by atoms with Gasteiger partial charge < -0.3 is 14.5 Å². The summed E-state index contributed by atoms with van der Waals surface area (Å²) in [6.45, 7) is -2.06. The van der Waals surface area contributed by atoms with Gasteiger partial charge in [0.1, 0.15) is 5.75 Å². The number of nitrogens with zero attached hydrogens (tertiary/aromatic N) is 2. The molecule has 31 heavy (non-hydrogen) atoms. The number of benzene rings is 2. The summed E-state index contributed by atoms with van der Waals surface area (Å²) in [7, 11) is -2.53. The maximum Gasteiger partial charge on any atom is 0.387 e. The highest BCUT2D eigenvalue weighted by atomic mass is 32.2. The number of hydroxylamine groups is 1. The Balaban J connectivity index is 1.85. The van der Waals surface area contributed by atoms with Crippen LogP contribution in [0.4, 0.5) is 20.2 Å². The quantitative estimate of drug-likeness (QED) is 0.301. The van der Waals surface area contributed by atoms with Gasteiger partial charge in [-0.05, 0) is 42.0 Å². The number of anilines is 2. The van der Waals surface area contributed by atoms with Crippen molar-refractivity contribution >= 4 is 38.6 Å². The molecule has 0 aromatic heterocycles. The third-order valence-corrected chi connectivity index (χ3v) is 5.33. The first-order valence-electron chi connectivity index (χ1n) is 9.12. The lowest BCUT2D eigenvalue weighted by atomic mass is 10.1. The molecule has 1 saturated heterocycles.